The van der Waals surface area contributed by atoms with Crippen LogP contribution in [0.2, 0.25) is 0 Å². The molecule has 0 aromatic carbocycles. The van der Waals surface area contributed by atoms with Crippen molar-refractivity contribution in [2.24, 2.45) is 0 Å². The third-order valence-corrected chi connectivity index (χ3v) is 2.81. The normalized spacial score (nSPS) is 21.9. The zero-order chi connectivity index (χ0) is 12.3. The van der Waals surface area contributed by atoms with E-state index in [1.165, 1.54) is 0 Å². The van der Waals surface area contributed by atoms with Crippen molar-refractivity contribution in [1.29, 1.82) is 0 Å². The van der Waals surface area contributed by atoms with Crippen LogP contribution in [0.4, 0.5) is 0 Å². The van der Waals surface area contributed by atoms with E-state index >= 15 is 0 Å². The van der Waals surface area contributed by atoms with E-state index in [-0.39, 0.29) is 0 Å². The Hall–Kier alpha value is -0.200. The van der Waals surface area contributed by atoms with Crippen LogP contribution in [0.25, 0.3) is 0 Å². The summed E-state index contributed by atoms with van der Waals surface area (Å²) in [5.74, 6) is 0. The zero-order valence-corrected chi connectivity index (χ0v) is 11.1. The van der Waals surface area contributed by atoms with Crippen molar-refractivity contribution in [3.05, 3.63) is 0 Å². The maximum Gasteiger partial charge on any atom is 0.0701 e. The molecular weight excluding hydrogens is 220 g/mol. The molecule has 1 heterocycles. The van der Waals surface area contributed by atoms with Crippen molar-refractivity contribution >= 4 is 0 Å². The summed E-state index contributed by atoms with van der Waals surface area (Å²) in [6, 6.07) is 0.598. The molecule has 0 spiro atoms. The Morgan fingerprint density at radius 2 is 1.82 bits per heavy atom. The van der Waals surface area contributed by atoms with Gasteiger partial charge in [-0.3, -0.25) is 4.90 Å². The number of methoxy groups -OCH3 is 1. The molecule has 0 aromatic rings. The lowest BCUT2D eigenvalue weighted by Crippen LogP contribution is -2.49. The van der Waals surface area contributed by atoms with Gasteiger partial charge in [-0.05, 0) is 6.92 Å². The molecule has 1 aliphatic heterocycles. The van der Waals surface area contributed by atoms with Gasteiger partial charge in [-0.15, -0.1) is 0 Å². The first-order valence-electron chi connectivity index (χ1n) is 6.43. The molecule has 1 saturated heterocycles. The highest BCUT2D eigenvalue weighted by Gasteiger charge is 2.14. The third kappa shape index (κ3) is 7.68. The van der Waals surface area contributed by atoms with Crippen LogP contribution in [0.3, 0.4) is 0 Å². The van der Waals surface area contributed by atoms with Crippen molar-refractivity contribution in [1.82, 2.24) is 10.2 Å². The highest BCUT2D eigenvalue weighted by atomic mass is 16.5. The van der Waals surface area contributed by atoms with Gasteiger partial charge in [0.2, 0.25) is 0 Å². The fourth-order valence-electron chi connectivity index (χ4n) is 1.87. The van der Waals surface area contributed by atoms with Crippen LogP contribution in [-0.2, 0) is 14.2 Å². The lowest BCUT2D eigenvalue weighted by atomic mass is 10.2. The zero-order valence-electron chi connectivity index (χ0n) is 11.1. The number of nitrogens with zero attached hydrogens (tertiary/aromatic N) is 1. The summed E-state index contributed by atoms with van der Waals surface area (Å²) in [7, 11) is 1.67. The number of rotatable bonds is 9. The van der Waals surface area contributed by atoms with Gasteiger partial charge in [-0.2, -0.15) is 0 Å². The molecule has 1 rings (SSSR count). The summed E-state index contributed by atoms with van der Waals surface area (Å²) in [5, 5.41) is 3.43. The minimum atomic E-state index is 0.598. The first-order valence-corrected chi connectivity index (χ1v) is 6.43. The van der Waals surface area contributed by atoms with Gasteiger partial charge in [0.25, 0.3) is 0 Å². The van der Waals surface area contributed by atoms with Crippen LogP contribution < -0.4 is 5.32 Å². The van der Waals surface area contributed by atoms with Gasteiger partial charge in [-0.25, -0.2) is 0 Å². The summed E-state index contributed by atoms with van der Waals surface area (Å²) in [5.41, 5.74) is 0. The number of nitrogens with one attached hydrogen (secondary N) is 1. The fraction of sp³-hybridized carbons (Fsp3) is 1.00. The predicted octanol–water partition coefficient (Wildman–Crippen LogP) is -0.0403. The topological polar surface area (TPSA) is 43.0 Å². The van der Waals surface area contributed by atoms with E-state index in [4.69, 9.17) is 14.2 Å². The first-order chi connectivity index (χ1) is 8.33. The van der Waals surface area contributed by atoms with Crippen molar-refractivity contribution in [2.75, 3.05) is 66.3 Å². The van der Waals surface area contributed by atoms with Crippen LogP contribution in [0, 0.1) is 0 Å². The molecule has 0 radical (unpaired) electrons. The minimum absolute atomic E-state index is 0.598. The smallest absolute Gasteiger partial charge is 0.0701 e. The second-order valence-corrected chi connectivity index (χ2v) is 4.37. The second kappa shape index (κ2) is 9.79. The van der Waals surface area contributed by atoms with Gasteiger partial charge >= 0.3 is 0 Å². The SMILES string of the molecule is COCCOCCOCCN1CCNC(C)C1. The van der Waals surface area contributed by atoms with E-state index in [9.17, 15) is 0 Å². The van der Waals surface area contributed by atoms with Crippen LogP contribution in [0.5, 0.6) is 0 Å². The van der Waals surface area contributed by atoms with Crippen LogP contribution >= 0.6 is 0 Å². The van der Waals surface area contributed by atoms with Crippen molar-refractivity contribution in [3.63, 3.8) is 0 Å². The summed E-state index contributed by atoms with van der Waals surface area (Å²) in [6.07, 6.45) is 0. The molecule has 5 heteroatoms. The highest BCUT2D eigenvalue weighted by molar-refractivity contribution is 4.74. The molecule has 1 fully saturated rings. The van der Waals surface area contributed by atoms with E-state index in [2.05, 4.69) is 17.1 Å². The second-order valence-electron chi connectivity index (χ2n) is 4.37. The molecule has 1 aliphatic rings. The van der Waals surface area contributed by atoms with Crippen LogP contribution in [-0.4, -0.2) is 77.3 Å². The lowest BCUT2D eigenvalue weighted by molar-refractivity contribution is 0.0180. The largest absolute Gasteiger partial charge is 0.382 e. The summed E-state index contributed by atoms with van der Waals surface area (Å²) in [6.45, 7) is 9.98. The molecule has 1 atom stereocenters. The van der Waals surface area contributed by atoms with Crippen molar-refractivity contribution in [2.45, 2.75) is 13.0 Å². The maximum absolute atomic E-state index is 5.52. The molecule has 0 bridgehead atoms. The predicted molar refractivity (Wildman–Crippen MR) is 67.4 cm³/mol. The van der Waals surface area contributed by atoms with Gasteiger partial charge in [0.15, 0.2) is 0 Å². The number of piperazine rings is 1. The van der Waals surface area contributed by atoms with E-state index in [0.29, 0.717) is 32.5 Å². The summed E-state index contributed by atoms with van der Waals surface area (Å²) in [4.78, 5) is 2.44. The molecule has 0 amide bonds. The average Bonchev–Trinajstić information content (AvgIpc) is 2.33. The van der Waals surface area contributed by atoms with E-state index in [1.807, 2.05) is 0 Å². The molecule has 1 N–H and O–H groups in total. The first kappa shape index (κ1) is 14.9. The summed E-state index contributed by atoms with van der Waals surface area (Å²) >= 11 is 0. The molecule has 1 unspecified atom stereocenters. The number of hydrogen-bond acceptors (Lipinski definition) is 5. The Morgan fingerprint density at radius 1 is 1.12 bits per heavy atom. The molecule has 5 nitrogen and oxygen atoms in total. The molecule has 17 heavy (non-hydrogen) atoms. The van der Waals surface area contributed by atoms with Crippen molar-refractivity contribution < 1.29 is 14.2 Å². The summed E-state index contributed by atoms with van der Waals surface area (Å²) < 4.78 is 15.7. The van der Waals surface area contributed by atoms with Gasteiger partial charge in [0.1, 0.15) is 0 Å². The Balaban J connectivity index is 1.83. The molecule has 102 valence electrons. The number of hydrogen-bond donors (Lipinski definition) is 1. The quantitative estimate of drug-likeness (QED) is 0.578. The number of ether oxygens (including phenoxy) is 3. The van der Waals surface area contributed by atoms with Gasteiger partial charge < -0.3 is 19.5 Å². The van der Waals surface area contributed by atoms with Crippen molar-refractivity contribution in [3.8, 4) is 0 Å². The van der Waals surface area contributed by atoms with Gasteiger partial charge in [-0.1, -0.05) is 0 Å². The third-order valence-electron chi connectivity index (χ3n) is 2.81. The monoisotopic (exact) mass is 246 g/mol. The Kier molecular flexibility index (Phi) is 8.56. The average molecular weight is 246 g/mol. The van der Waals surface area contributed by atoms with Crippen LogP contribution in [0.1, 0.15) is 6.92 Å². The Bertz CT molecular complexity index is 181. The maximum atomic E-state index is 5.52. The van der Waals surface area contributed by atoms with E-state index in [0.717, 1.165) is 32.8 Å². The van der Waals surface area contributed by atoms with E-state index in [1.54, 1.807) is 7.11 Å². The Labute approximate surface area is 104 Å². The molecule has 0 aromatic heterocycles. The fourth-order valence-corrected chi connectivity index (χ4v) is 1.87. The molecular formula is C12H26N2O3. The minimum Gasteiger partial charge on any atom is -0.382 e. The van der Waals surface area contributed by atoms with Gasteiger partial charge in [0.05, 0.1) is 33.0 Å². The Morgan fingerprint density at radius 3 is 2.53 bits per heavy atom. The standard InChI is InChI=1S/C12H26N2O3/c1-12-11-14(4-3-13-12)5-6-16-9-10-17-8-7-15-2/h12-13H,3-11H2,1-2H3. The van der Waals surface area contributed by atoms with Crippen LogP contribution in [0.15, 0.2) is 0 Å². The highest BCUT2D eigenvalue weighted by Crippen LogP contribution is 1.97. The molecule has 0 saturated carbocycles. The lowest BCUT2D eigenvalue weighted by Gasteiger charge is -2.31. The van der Waals surface area contributed by atoms with E-state index < -0.39 is 0 Å². The molecule has 0 aliphatic carbocycles. The van der Waals surface area contributed by atoms with Gasteiger partial charge in [0, 0.05) is 39.3 Å².